The molecule has 0 rings (SSSR count). The fraction of sp³-hybridized carbons (Fsp3) is 1.00. The standard InChI is InChI=1S/C4H11OPS/c1-3-4(2)6-5-7/h4,6-7H,3H2,1-2H3/t4-/m1/s1. The van der Waals surface area contributed by atoms with E-state index in [0.29, 0.717) is 14.5 Å². The Balaban J connectivity index is 2.83. The molecular weight excluding hydrogens is 127 g/mol. The molecular formula is C4H11OPS. The monoisotopic (exact) mass is 138 g/mol. The molecule has 1 unspecified atom stereocenters. The molecule has 0 aromatic heterocycles. The molecule has 7 heavy (non-hydrogen) atoms. The molecule has 3 heteroatoms. The van der Waals surface area contributed by atoms with E-state index in [1.54, 1.807) is 0 Å². The number of rotatable bonds is 3. The van der Waals surface area contributed by atoms with Gasteiger partial charge in [0.25, 0.3) is 0 Å². The molecule has 0 N–H and O–H groups in total. The first kappa shape index (κ1) is 7.74. The van der Waals surface area contributed by atoms with Crippen LogP contribution in [-0.2, 0) is 3.97 Å². The second-order valence-corrected chi connectivity index (χ2v) is 3.47. The lowest BCUT2D eigenvalue weighted by Gasteiger charge is -2.01. The van der Waals surface area contributed by atoms with Gasteiger partial charge in [-0.25, -0.2) is 0 Å². The molecule has 0 aliphatic rings. The van der Waals surface area contributed by atoms with Crippen molar-refractivity contribution < 1.29 is 3.97 Å². The average molecular weight is 138 g/mol. The van der Waals surface area contributed by atoms with E-state index in [9.17, 15) is 0 Å². The van der Waals surface area contributed by atoms with Crippen LogP contribution >= 0.6 is 21.7 Å². The molecule has 0 radical (unpaired) electrons. The van der Waals surface area contributed by atoms with Gasteiger partial charge in [0.15, 0.2) is 0 Å². The SMILES string of the molecule is CC[C@@H](C)POS. The summed E-state index contributed by atoms with van der Waals surface area (Å²) >= 11 is 3.63. The van der Waals surface area contributed by atoms with Gasteiger partial charge in [-0.2, -0.15) is 0 Å². The first-order valence-corrected chi connectivity index (χ1v) is 3.72. The molecule has 0 bridgehead atoms. The summed E-state index contributed by atoms with van der Waals surface area (Å²) in [6.45, 7) is 4.29. The molecule has 0 amide bonds. The number of thiol groups is 1. The van der Waals surface area contributed by atoms with Crippen LogP contribution in [0.3, 0.4) is 0 Å². The fourth-order valence-electron chi connectivity index (χ4n) is 0.173. The van der Waals surface area contributed by atoms with Crippen LogP contribution in [0, 0.1) is 0 Å². The summed E-state index contributed by atoms with van der Waals surface area (Å²) in [6.07, 6.45) is 1.18. The Morgan fingerprint density at radius 3 is 2.57 bits per heavy atom. The van der Waals surface area contributed by atoms with Gasteiger partial charge in [-0.1, -0.05) is 13.8 Å². The van der Waals surface area contributed by atoms with Crippen molar-refractivity contribution in [3.8, 4) is 0 Å². The zero-order valence-electron chi connectivity index (χ0n) is 4.64. The smallest absolute Gasteiger partial charge is 0.0345 e. The first-order chi connectivity index (χ1) is 3.31. The third-order valence-electron chi connectivity index (χ3n) is 0.866. The summed E-state index contributed by atoms with van der Waals surface area (Å²) in [6, 6.07) is 0. The Labute approximate surface area is 52.3 Å². The molecule has 44 valence electrons. The van der Waals surface area contributed by atoms with Crippen molar-refractivity contribution in [2.24, 2.45) is 0 Å². The van der Waals surface area contributed by atoms with Crippen LogP contribution in [0.4, 0.5) is 0 Å². The Morgan fingerprint density at radius 1 is 1.86 bits per heavy atom. The van der Waals surface area contributed by atoms with Gasteiger partial charge in [-0.3, -0.25) is 3.97 Å². The highest BCUT2D eigenvalue weighted by Gasteiger charge is 1.94. The Morgan fingerprint density at radius 2 is 2.43 bits per heavy atom. The number of hydrogen-bond donors (Lipinski definition) is 1. The maximum Gasteiger partial charge on any atom is 0.0345 e. The van der Waals surface area contributed by atoms with Gasteiger partial charge in [0.2, 0.25) is 0 Å². The number of hydrogen-bond acceptors (Lipinski definition) is 2. The molecule has 0 aromatic carbocycles. The third-order valence-corrected chi connectivity index (χ3v) is 2.10. The summed E-state index contributed by atoms with van der Waals surface area (Å²) in [5.41, 5.74) is 0.678. The molecule has 0 aliphatic heterocycles. The summed E-state index contributed by atoms with van der Waals surface area (Å²) in [5, 5.41) is 0. The predicted octanol–water partition coefficient (Wildman–Crippen LogP) is 2.24. The molecule has 0 aliphatic carbocycles. The summed E-state index contributed by atoms with van der Waals surface area (Å²) in [5.74, 6) is 0. The van der Waals surface area contributed by atoms with E-state index in [1.165, 1.54) is 6.42 Å². The molecule has 0 heterocycles. The highest BCUT2D eigenvalue weighted by atomic mass is 32.1. The predicted molar refractivity (Wildman–Crippen MR) is 38.1 cm³/mol. The minimum absolute atomic E-state index is 0.553. The fourth-order valence-corrected chi connectivity index (χ4v) is 1.06. The van der Waals surface area contributed by atoms with E-state index in [1.807, 2.05) is 0 Å². The normalized spacial score (nSPS) is 15.9. The molecule has 0 saturated heterocycles. The van der Waals surface area contributed by atoms with Crippen LogP contribution in [0.5, 0.6) is 0 Å². The zero-order valence-corrected chi connectivity index (χ0v) is 6.53. The van der Waals surface area contributed by atoms with Crippen LogP contribution < -0.4 is 0 Å². The topological polar surface area (TPSA) is 9.23 Å². The van der Waals surface area contributed by atoms with E-state index in [0.717, 1.165) is 0 Å². The molecule has 0 fully saturated rings. The second-order valence-electron chi connectivity index (χ2n) is 1.52. The maximum atomic E-state index is 4.62. The van der Waals surface area contributed by atoms with Gasteiger partial charge in [-0.15, -0.1) is 0 Å². The first-order valence-electron chi connectivity index (χ1n) is 2.37. The largest absolute Gasteiger partial charge is 0.300 e. The van der Waals surface area contributed by atoms with Crippen molar-refractivity contribution in [2.75, 3.05) is 0 Å². The van der Waals surface area contributed by atoms with Gasteiger partial charge in [0.05, 0.1) is 0 Å². The van der Waals surface area contributed by atoms with Crippen molar-refractivity contribution in [3.63, 3.8) is 0 Å². The summed E-state index contributed by atoms with van der Waals surface area (Å²) < 4.78 is 4.62. The van der Waals surface area contributed by atoms with Gasteiger partial charge in [-0.05, 0) is 25.0 Å². The molecule has 0 spiro atoms. The van der Waals surface area contributed by atoms with Gasteiger partial charge < -0.3 is 0 Å². The van der Waals surface area contributed by atoms with E-state index in [-0.39, 0.29) is 0 Å². The van der Waals surface area contributed by atoms with Gasteiger partial charge in [0.1, 0.15) is 0 Å². The Hall–Kier alpha value is 0.740. The van der Waals surface area contributed by atoms with Crippen molar-refractivity contribution in [3.05, 3.63) is 0 Å². The highest BCUT2D eigenvalue weighted by Crippen LogP contribution is 2.23. The average Bonchev–Trinajstić information content (AvgIpc) is 1.68. The maximum absolute atomic E-state index is 4.62. The van der Waals surface area contributed by atoms with Crippen LogP contribution in [0.1, 0.15) is 20.3 Å². The Kier molecular flexibility index (Phi) is 5.41. The van der Waals surface area contributed by atoms with Crippen LogP contribution in [0.2, 0.25) is 0 Å². The van der Waals surface area contributed by atoms with Crippen LogP contribution in [0.25, 0.3) is 0 Å². The molecule has 2 atom stereocenters. The van der Waals surface area contributed by atoms with E-state index >= 15 is 0 Å². The van der Waals surface area contributed by atoms with Gasteiger partial charge >= 0.3 is 0 Å². The summed E-state index contributed by atoms with van der Waals surface area (Å²) in [4.78, 5) is 0. The van der Waals surface area contributed by atoms with E-state index < -0.39 is 0 Å². The van der Waals surface area contributed by atoms with Crippen LogP contribution in [-0.4, -0.2) is 5.66 Å². The highest BCUT2D eigenvalue weighted by molar-refractivity contribution is 7.79. The molecule has 0 saturated carbocycles. The minimum atomic E-state index is 0.553. The Bertz CT molecular complexity index is 42.7. The lowest BCUT2D eigenvalue weighted by atomic mass is 10.4. The van der Waals surface area contributed by atoms with Crippen molar-refractivity contribution in [1.29, 1.82) is 0 Å². The lowest BCUT2D eigenvalue weighted by Crippen LogP contribution is -1.86. The molecule has 0 aromatic rings. The van der Waals surface area contributed by atoms with Crippen molar-refractivity contribution >= 4 is 21.7 Å². The minimum Gasteiger partial charge on any atom is -0.300 e. The van der Waals surface area contributed by atoms with Crippen molar-refractivity contribution in [2.45, 2.75) is 25.9 Å². The quantitative estimate of drug-likeness (QED) is 0.357. The lowest BCUT2D eigenvalue weighted by molar-refractivity contribution is 0.722. The summed E-state index contributed by atoms with van der Waals surface area (Å²) in [7, 11) is 0.553. The third kappa shape index (κ3) is 4.60. The van der Waals surface area contributed by atoms with Crippen LogP contribution in [0.15, 0.2) is 0 Å². The zero-order chi connectivity index (χ0) is 5.70. The van der Waals surface area contributed by atoms with Gasteiger partial charge in [0, 0.05) is 8.81 Å². The second kappa shape index (κ2) is 4.89. The molecule has 1 nitrogen and oxygen atoms in total. The van der Waals surface area contributed by atoms with Crippen molar-refractivity contribution in [1.82, 2.24) is 0 Å². The van der Waals surface area contributed by atoms with E-state index in [2.05, 4.69) is 30.7 Å². The van der Waals surface area contributed by atoms with E-state index in [4.69, 9.17) is 0 Å².